The van der Waals surface area contributed by atoms with Crippen LogP contribution >= 0.6 is 0 Å². The zero-order valence-corrected chi connectivity index (χ0v) is 10.2. The second-order valence-corrected chi connectivity index (χ2v) is 3.78. The SMILES string of the molecule is C=CCN(CCO)c1ccc(C(=O)CC)cc1. The standard InChI is InChI=1S/C14H19NO2/c1-3-9-15(10-11-16)13-7-5-12(6-8-13)14(17)4-2/h3,5-8,16H,1,4,9-11H2,2H3. The van der Waals surface area contributed by atoms with Crippen molar-refractivity contribution in [2.75, 3.05) is 24.6 Å². The van der Waals surface area contributed by atoms with Crippen molar-refractivity contribution in [3.8, 4) is 0 Å². The number of hydrogen-bond acceptors (Lipinski definition) is 3. The van der Waals surface area contributed by atoms with Gasteiger partial charge in [0.1, 0.15) is 0 Å². The Hall–Kier alpha value is -1.61. The van der Waals surface area contributed by atoms with Crippen molar-refractivity contribution in [2.24, 2.45) is 0 Å². The summed E-state index contributed by atoms with van der Waals surface area (Å²) in [6.45, 7) is 6.89. The monoisotopic (exact) mass is 233 g/mol. The van der Waals surface area contributed by atoms with Gasteiger partial charge in [-0.2, -0.15) is 0 Å². The Labute approximate surface area is 102 Å². The zero-order valence-electron chi connectivity index (χ0n) is 10.2. The molecule has 1 rings (SSSR count). The van der Waals surface area contributed by atoms with Gasteiger partial charge in [-0.1, -0.05) is 13.0 Å². The van der Waals surface area contributed by atoms with Crippen LogP contribution in [0.2, 0.25) is 0 Å². The third kappa shape index (κ3) is 3.71. The number of carbonyl (C=O) groups is 1. The van der Waals surface area contributed by atoms with Gasteiger partial charge in [0.2, 0.25) is 0 Å². The van der Waals surface area contributed by atoms with Gasteiger partial charge in [0.05, 0.1) is 6.61 Å². The van der Waals surface area contributed by atoms with Gasteiger partial charge in [0.15, 0.2) is 5.78 Å². The summed E-state index contributed by atoms with van der Waals surface area (Å²) >= 11 is 0. The Balaban J connectivity index is 2.83. The predicted molar refractivity (Wildman–Crippen MR) is 70.6 cm³/mol. The molecule has 0 saturated heterocycles. The molecule has 0 aliphatic carbocycles. The molecule has 0 fully saturated rings. The predicted octanol–water partition coefficient (Wildman–Crippen LogP) is 2.26. The van der Waals surface area contributed by atoms with E-state index >= 15 is 0 Å². The molecule has 0 heterocycles. The minimum atomic E-state index is 0.101. The lowest BCUT2D eigenvalue weighted by atomic mass is 10.1. The molecule has 0 spiro atoms. The van der Waals surface area contributed by atoms with Crippen LogP contribution in [0, 0.1) is 0 Å². The summed E-state index contributed by atoms with van der Waals surface area (Å²) < 4.78 is 0. The number of hydrogen-bond donors (Lipinski definition) is 1. The molecule has 1 aromatic carbocycles. The van der Waals surface area contributed by atoms with Crippen molar-refractivity contribution in [3.05, 3.63) is 42.5 Å². The van der Waals surface area contributed by atoms with Crippen LogP contribution in [0.3, 0.4) is 0 Å². The van der Waals surface area contributed by atoms with E-state index in [0.29, 0.717) is 19.5 Å². The number of ketones is 1. The van der Waals surface area contributed by atoms with Crippen LogP contribution in [0.5, 0.6) is 0 Å². The number of benzene rings is 1. The quantitative estimate of drug-likeness (QED) is 0.580. The molecule has 0 saturated carbocycles. The molecule has 0 bridgehead atoms. The molecule has 0 unspecified atom stereocenters. The molecule has 1 aromatic rings. The van der Waals surface area contributed by atoms with Crippen molar-refractivity contribution in [3.63, 3.8) is 0 Å². The van der Waals surface area contributed by atoms with E-state index in [1.807, 2.05) is 36.1 Å². The fourth-order valence-electron chi connectivity index (χ4n) is 1.66. The van der Waals surface area contributed by atoms with E-state index in [1.54, 1.807) is 6.08 Å². The van der Waals surface area contributed by atoms with E-state index in [4.69, 9.17) is 5.11 Å². The molecular weight excluding hydrogens is 214 g/mol. The van der Waals surface area contributed by atoms with Crippen LogP contribution in [0.15, 0.2) is 36.9 Å². The fraction of sp³-hybridized carbons (Fsp3) is 0.357. The lowest BCUT2D eigenvalue weighted by Gasteiger charge is -2.22. The van der Waals surface area contributed by atoms with Crippen LogP contribution in [0.4, 0.5) is 5.69 Å². The molecule has 0 radical (unpaired) electrons. The summed E-state index contributed by atoms with van der Waals surface area (Å²) in [5.41, 5.74) is 1.73. The lowest BCUT2D eigenvalue weighted by Crippen LogP contribution is -2.26. The minimum Gasteiger partial charge on any atom is -0.395 e. The molecule has 92 valence electrons. The second-order valence-electron chi connectivity index (χ2n) is 3.78. The molecule has 0 aliphatic rings. The maximum Gasteiger partial charge on any atom is 0.162 e. The van der Waals surface area contributed by atoms with E-state index in [9.17, 15) is 4.79 Å². The molecule has 0 amide bonds. The number of rotatable bonds is 7. The first-order valence-corrected chi connectivity index (χ1v) is 5.82. The van der Waals surface area contributed by atoms with E-state index in [0.717, 1.165) is 11.3 Å². The van der Waals surface area contributed by atoms with E-state index < -0.39 is 0 Å². The summed E-state index contributed by atoms with van der Waals surface area (Å²) in [7, 11) is 0. The van der Waals surface area contributed by atoms with E-state index in [2.05, 4.69) is 6.58 Å². The lowest BCUT2D eigenvalue weighted by molar-refractivity contribution is 0.0988. The van der Waals surface area contributed by atoms with Gasteiger partial charge >= 0.3 is 0 Å². The Morgan fingerprint density at radius 1 is 1.41 bits per heavy atom. The van der Waals surface area contributed by atoms with E-state index in [1.165, 1.54) is 0 Å². The van der Waals surface area contributed by atoms with E-state index in [-0.39, 0.29) is 12.4 Å². The number of carbonyl (C=O) groups excluding carboxylic acids is 1. The topological polar surface area (TPSA) is 40.5 Å². The molecule has 17 heavy (non-hydrogen) atoms. The largest absolute Gasteiger partial charge is 0.395 e. The highest BCUT2D eigenvalue weighted by molar-refractivity contribution is 5.96. The summed E-state index contributed by atoms with van der Waals surface area (Å²) in [5, 5.41) is 8.98. The highest BCUT2D eigenvalue weighted by Gasteiger charge is 2.06. The zero-order chi connectivity index (χ0) is 12.7. The first-order chi connectivity index (χ1) is 8.22. The van der Waals surface area contributed by atoms with Crippen LogP contribution in [-0.4, -0.2) is 30.6 Å². The van der Waals surface area contributed by atoms with Gasteiger partial charge in [-0.15, -0.1) is 6.58 Å². The maximum absolute atomic E-state index is 11.5. The van der Waals surface area contributed by atoms with Gasteiger partial charge in [0, 0.05) is 30.8 Å². The number of aliphatic hydroxyl groups is 1. The van der Waals surface area contributed by atoms with Crippen LogP contribution < -0.4 is 4.90 Å². The van der Waals surface area contributed by atoms with Crippen molar-refractivity contribution in [1.29, 1.82) is 0 Å². The van der Waals surface area contributed by atoms with Gasteiger partial charge in [-0.05, 0) is 24.3 Å². The average molecular weight is 233 g/mol. The third-order valence-electron chi connectivity index (χ3n) is 2.59. The second kappa shape index (κ2) is 6.86. The van der Waals surface area contributed by atoms with Crippen molar-refractivity contribution >= 4 is 11.5 Å². The number of anilines is 1. The van der Waals surface area contributed by atoms with Crippen LogP contribution in [0.25, 0.3) is 0 Å². The summed E-state index contributed by atoms with van der Waals surface area (Å²) in [5.74, 6) is 0.147. The number of aliphatic hydroxyl groups excluding tert-OH is 1. The third-order valence-corrected chi connectivity index (χ3v) is 2.59. The van der Waals surface area contributed by atoms with Crippen molar-refractivity contribution in [2.45, 2.75) is 13.3 Å². The first-order valence-electron chi connectivity index (χ1n) is 5.82. The number of nitrogens with zero attached hydrogens (tertiary/aromatic N) is 1. The smallest absolute Gasteiger partial charge is 0.162 e. The molecule has 0 atom stereocenters. The Bertz CT molecular complexity index is 370. The highest BCUT2D eigenvalue weighted by atomic mass is 16.3. The highest BCUT2D eigenvalue weighted by Crippen LogP contribution is 2.15. The van der Waals surface area contributed by atoms with Gasteiger partial charge in [0.25, 0.3) is 0 Å². The molecule has 1 N–H and O–H groups in total. The first kappa shape index (κ1) is 13.5. The normalized spacial score (nSPS) is 10.0. The summed E-state index contributed by atoms with van der Waals surface area (Å²) in [6, 6.07) is 7.47. The van der Waals surface area contributed by atoms with Gasteiger partial charge < -0.3 is 10.0 Å². The van der Waals surface area contributed by atoms with Crippen LogP contribution in [-0.2, 0) is 0 Å². The molecular formula is C14H19NO2. The molecule has 3 heteroatoms. The molecule has 0 aromatic heterocycles. The Morgan fingerprint density at radius 2 is 2.06 bits per heavy atom. The number of Topliss-reactive ketones (excluding diaryl/α,β-unsaturated/α-hetero) is 1. The van der Waals surface area contributed by atoms with Crippen molar-refractivity contribution < 1.29 is 9.90 Å². The molecule has 3 nitrogen and oxygen atoms in total. The van der Waals surface area contributed by atoms with Crippen molar-refractivity contribution in [1.82, 2.24) is 0 Å². The Morgan fingerprint density at radius 3 is 2.53 bits per heavy atom. The maximum atomic E-state index is 11.5. The van der Waals surface area contributed by atoms with Crippen LogP contribution in [0.1, 0.15) is 23.7 Å². The minimum absolute atomic E-state index is 0.101. The average Bonchev–Trinajstić information content (AvgIpc) is 2.38. The molecule has 0 aliphatic heterocycles. The Kier molecular flexibility index (Phi) is 5.43. The summed E-state index contributed by atoms with van der Waals surface area (Å²) in [6.07, 6.45) is 2.31. The van der Waals surface area contributed by atoms with Gasteiger partial charge in [-0.3, -0.25) is 4.79 Å². The summed E-state index contributed by atoms with van der Waals surface area (Å²) in [4.78, 5) is 13.5. The fourth-order valence-corrected chi connectivity index (χ4v) is 1.66. The van der Waals surface area contributed by atoms with Gasteiger partial charge in [-0.25, -0.2) is 0 Å².